The zero-order valence-electron chi connectivity index (χ0n) is 33.5. The molecule has 302 valence electrons. The smallest absolute Gasteiger partial charge is 0.122 e. The molecule has 0 unspecified atom stereocenters. The Bertz CT molecular complexity index is 2630. The van der Waals surface area contributed by atoms with Gasteiger partial charge < -0.3 is 19.7 Å². The zero-order valence-corrected chi connectivity index (χ0v) is 36.7. The minimum Gasteiger partial charge on any atom is -0.491 e. The predicted molar refractivity (Wildman–Crippen MR) is 254 cm³/mol. The summed E-state index contributed by atoms with van der Waals surface area (Å²) < 4.78 is 14.2. The lowest BCUT2D eigenvalue weighted by atomic mass is 9.67. The first-order valence-electron chi connectivity index (χ1n) is 20.6. The molecule has 0 spiro atoms. The van der Waals surface area contributed by atoms with Crippen molar-refractivity contribution in [3.05, 3.63) is 235 Å². The van der Waals surface area contributed by atoms with Gasteiger partial charge in [0.25, 0.3) is 0 Å². The molecule has 0 heterocycles. The lowest BCUT2D eigenvalue weighted by Gasteiger charge is -2.35. The molecule has 2 N–H and O–H groups in total. The average molecular weight is 929 g/mol. The number of halogens is 2. The van der Waals surface area contributed by atoms with Gasteiger partial charge in [0.2, 0.25) is 0 Å². The molecular formula is C55H44Br2O4. The van der Waals surface area contributed by atoms with Gasteiger partial charge in [-0.15, -0.1) is 0 Å². The first kappa shape index (κ1) is 40.6. The Kier molecular flexibility index (Phi) is 12.0. The van der Waals surface area contributed by atoms with E-state index in [1.54, 1.807) is 0 Å². The van der Waals surface area contributed by atoms with Gasteiger partial charge in [-0.1, -0.05) is 153 Å². The van der Waals surface area contributed by atoms with Gasteiger partial charge in [-0.3, -0.25) is 0 Å². The van der Waals surface area contributed by atoms with Crippen LogP contribution < -0.4 is 9.47 Å². The van der Waals surface area contributed by atoms with Crippen molar-refractivity contribution in [1.82, 2.24) is 0 Å². The maximum absolute atomic E-state index is 9.61. The van der Waals surface area contributed by atoms with Crippen molar-refractivity contribution < 1.29 is 19.7 Å². The number of aliphatic hydroxyl groups excluding tert-OH is 2. The Morgan fingerprint density at radius 3 is 1.26 bits per heavy atom. The van der Waals surface area contributed by atoms with Crippen molar-refractivity contribution in [2.45, 2.75) is 18.3 Å². The number of hydrogen-bond donors (Lipinski definition) is 2. The van der Waals surface area contributed by atoms with Gasteiger partial charge in [0.1, 0.15) is 24.7 Å². The fourth-order valence-electron chi connectivity index (χ4n) is 8.94. The van der Waals surface area contributed by atoms with Crippen LogP contribution in [0.15, 0.2) is 191 Å². The van der Waals surface area contributed by atoms with Gasteiger partial charge in [-0.25, -0.2) is 0 Å². The van der Waals surface area contributed by atoms with Gasteiger partial charge in [-0.05, 0) is 139 Å². The van der Waals surface area contributed by atoms with Crippen LogP contribution in [0.4, 0.5) is 0 Å². The number of benzene rings is 8. The third kappa shape index (κ3) is 8.21. The van der Waals surface area contributed by atoms with E-state index in [0.29, 0.717) is 12.8 Å². The Hall–Kier alpha value is -5.76. The molecule has 0 atom stereocenters. The summed E-state index contributed by atoms with van der Waals surface area (Å²) in [5.41, 5.74) is 15.3. The minimum absolute atomic E-state index is 0.0494. The van der Waals surface area contributed by atoms with Crippen LogP contribution in [0.25, 0.3) is 33.4 Å². The van der Waals surface area contributed by atoms with E-state index in [0.717, 1.165) is 65.0 Å². The molecule has 6 heteroatoms. The SMILES string of the molecule is OCCOc1ccc(-c2cccc(C3(c4cccc(-c5ccc(OCCO)c(Cc6ccccc6)c5)c4)c4cc(Br)ccc4-c4ccc(Br)cc43)c2)cc1Cc1ccccc1. The van der Waals surface area contributed by atoms with Crippen LogP contribution in [-0.4, -0.2) is 36.6 Å². The van der Waals surface area contributed by atoms with Gasteiger partial charge in [0.05, 0.1) is 18.6 Å². The maximum atomic E-state index is 9.61. The first-order chi connectivity index (χ1) is 29.9. The molecule has 61 heavy (non-hydrogen) atoms. The maximum Gasteiger partial charge on any atom is 0.122 e. The van der Waals surface area contributed by atoms with Crippen molar-refractivity contribution in [3.63, 3.8) is 0 Å². The summed E-state index contributed by atoms with van der Waals surface area (Å²) in [7, 11) is 0. The largest absolute Gasteiger partial charge is 0.491 e. The Morgan fingerprint density at radius 2 is 0.836 bits per heavy atom. The fraction of sp³-hybridized carbons (Fsp3) is 0.127. The zero-order chi connectivity index (χ0) is 41.8. The van der Waals surface area contributed by atoms with Crippen molar-refractivity contribution in [2.75, 3.05) is 26.4 Å². The lowest BCUT2D eigenvalue weighted by Crippen LogP contribution is -2.28. The highest BCUT2D eigenvalue weighted by Crippen LogP contribution is 2.58. The number of hydrogen-bond acceptors (Lipinski definition) is 4. The number of ether oxygens (including phenoxy) is 2. The molecule has 1 aliphatic rings. The van der Waals surface area contributed by atoms with Crippen molar-refractivity contribution >= 4 is 31.9 Å². The molecule has 0 aromatic heterocycles. The summed E-state index contributed by atoms with van der Waals surface area (Å²) in [6.45, 7) is 0.370. The van der Waals surface area contributed by atoms with Crippen LogP contribution in [0, 0.1) is 0 Å². The van der Waals surface area contributed by atoms with E-state index in [-0.39, 0.29) is 26.4 Å². The van der Waals surface area contributed by atoms with Crippen LogP contribution in [0.1, 0.15) is 44.5 Å². The van der Waals surface area contributed by atoms with Crippen molar-refractivity contribution in [2.24, 2.45) is 0 Å². The summed E-state index contributed by atoms with van der Waals surface area (Å²) in [6.07, 6.45) is 1.41. The Labute approximate surface area is 374 Å². The molecule has 0 radical (unpaired) electrons. The van der Waals surface area contributed by atoms with E-state index < -0.39 is 5.41 Å². The molecule has 0 saturated heterocycles. The standard InChI is InChI=1S/C55H44Br2O4/c56-47-19-21-49-50-22-20-48(57)36-52(50)55(51(49)35-47,45-15-7-13-39(33-45)41-17-23-53(60-27-25-58)43(31-41)29-37-9-3-1-4-10-37)46-16-8-14-40(34-46)42-18-24-54(61-28-26-59)44(32-42)30-38-11-5-2-6-12-38/h1-24,31-36,58-59H,25-30H2. The van der Waals surface area contributed by atoms with Crippen molar-refractivity contribution in [1.29, 1.82) is 0 Å². The quantitative estimate of drug-likeness (QED) is 0.114. The summed E-state index contributed by atoms with van der Waals surface area (Å²) in [5.74, 6) is 1.55. The summed E-state index contributed by atoms with van der Waals surface area (Å²) >= 11 is 7.76. The van der Waals surface area contributed by atoms with E-state index in [2.05, 4.69) is 190 Å². The van der Waals surface area contributed by atoms with Gasteiger partial charge >= 0.3 is 0 Å². The van der Waals surface area contributed by atoms with Gasteiger partial charge in [-0.2, -0.15) is 0 Å². The summed E-state index contributed by atoms with van der Waals surface area (Å²) in [4.78, 5) is 0. The highest BCUT2D eigenvalue weighted by molar-refractivity contribution is 9.10. The molecule has 8 aromatic rings. The molecular weight excluding hydrogens is 884 g/mol. The molecule has 0 fully saturated rings. The van der Waals surface area contributed by atoms with E-state index >= 15 is 0 Å². The molecule has 8 aromatic carbocycles. The molecule has 0 saturated carbocycles. The monoisotopic (exact) mass is 926 g/mol. The predicted octanol–water partition coefficient (Wildman–Crippen LogP) is 12.8. The second-order valence-corrected chi connectivity index (χ2v) is 17.2. The lowest BCUT2D eigenvalue weighted by molar-refractivity contribution is 0.200. The molecule has 1 aliphatic carbocycles. The van der Waals surface area contributed by atoms with Gasteiger partial charge in [0.15, 0.2) is 0 Å². The molecule has 4 nitrogen and oxygen atoms in total. The third-order valence-electron chi connectivity index (χ3n) is 11.6. The van der Waals surface area contributed by atoms with E-state index in [9.17, 15) is 10.2 Å². The van der Waals surface area contributed by atoms with Crippen LogP contribution in [0.2, 0.25) is 0 Å². The minimum atomic E-state index is -0.682. The number of aliphatic hydroxyl groups is 2. The van der Waals surface area contributed by atoms with Crippen molar-refractivity contribution in [3.8, 4) is 44.9 Å². The van der Waals surface area contributed by atoms with Crippen LogP contribution in [0.5, 0.6) is 11.5 Å². The Morgan fingerprint density at radius 1 is 0.410 bits per heavy atom. The normalized spacial score (nSPS) is 12.5. The Balaban J connectivity index is 1.22. The first-order valence-corrected chi connectivity index (χ1v) is 22.2. The van der Waals surface area contributed by atoms with Gasteiger partial charge in [0, 0.05) is 21.8 Å². The second kappa shape index (κ2) is 18.1. The molecule has 0 bridgehead atoms. The molecule has 0 amide bonds. The van der Waals surface area contributed by atoms with Crippen LogP contribution >= 0.6 is 31.9 Å². The highest BCUT2D eigenvalue weighted by Gasteiger charge is 2.46. The summed E-state index contributed by atoms with van der Waals surface area (Å²) in [6, 6.07) is 65.0. The van der Waals surface area contributed by atoms with E-state index in [1.165, 1.54) is 33.4 Å². The van der Waals surface area contributed by atoms with E-state index in [4.69, 9.17) is 9.47 Å². The fourth-order valence-corrected chi connectivity index (χ4v) is 9.66. The number of fused-ring (bicyclic) bond motifs is 3. The van der Waals surface area contributed by atoms with Crippen LogP contribution in [0.3, 0.4) is 0 Å². The highest BCUT2D eigenvalue weighted by atomic mass is 79.9. The molecule has 9 rings (SSSR count). The van der Waals surface area contributed by atoms with E-state index in [1.807, 2.05) is 24.3 Å². The third-order valence-corrected chi connectivity index (χ3v) is 12.6. The topological polar surface area (TPSA) is 58.9 Å². The number of rotatable bonds is 14. The molecule has 0 aliphatic heterocycles. The summed E-state index contributed by atoms with van der Waals surface area (Å²) in [5, 5.41) is 19.2. The van der Waals surface area contributed by atoms with Crippen LogP contribution in [-0.2, 0) is 18.3 Å². The average Bonchev–Trinajstić information content (AvgIpc) is 3.58. The second-order valence-electron chi connectivity index (χ2n) is 15.4.